The smallest absolute Gasteiger partial charge is 0.252 e. The predicted molar refractivity (Wildman–Crippen MR) is 120 cm³/mol. The summed E-state index contributed by atoms with van der Waals surface area (Å²) >= 11 is 0. The molecule has 8 heteroatoms. The highest BCUT2D eigenvalue weighted by molar-refractivity contribution is 5.98. The standard InChI is InChI=1S/C24H35N3O5/c1-5-16(4)25-24(30)22(17-8-10-27(11-9-17)21(28)12-15(2)3)26-23(29)18-6-7-19-20(13-18)32-14-31-19/h6-7,13,15-17,22H,5,8-12,14H2,1-4H3,(H,25,30)(H,26,29)/t16-,22+/m0/s1. The molecule has 0 bridgehead atoms. The lowest BCUT2D eigenvalue weighted by molar-refractivity contribution is -0.133. The molecule has 1 saturated heterocycles. The van der Waals surface area contributed by atoms with E-state index in [-0.39, 0.29) is 36.5 Å². The van der Waals surface area contributed by atoms with Crippen molar-refractivity contribution in [3.8, 4) is 11.5 Å². The number of likely N-dealkylation sites (tertiary alicyclic amines) is 1. The van der Waals surface area contributed by atoms with E-state index in [1.165, 1.54) is 0 Å². The molecule has 2 aliphatic heterocycles. The zero-order valence-electron chi connectivity index (χ0n) is 19.5. The van der Waals surface area contributed by atoms with Crippen LogP contribution in [0.1, 0.15) is 63.7 Å². The molecule has 2 aliphatic rings. The van der Waals surface area contributed by atoms with Crippen LogP contribution in [0.5, 0.6) is 11.5 Å². The van der Waals surface area contributed by atoms with E-state index in [0.29, 0.717) is 55.3 Å². The Kier molecular flexibility index (Phi) is 7.99. The maximum Gasteiger partial charge on any atom is 0.252 e. The van der Waals surface area contributed by atoms with Crippen LogP contribution in [0, 0.1) is 11.8 Å². The topological polar surface area (TPSA) is 97.0 Å². The third kappa shape index (κ3) is 5.93. The number of nitrogens with zero attached hydrogens (tertiary/aromatic N) is 1. The van der Waals surface area contributed by atoms with Gasteiger partial charge in [-0.05, 0) is 56.2 Å². The van der Waals surface area contributed by atoms with Crippen LogP contribution in [0.3, 0.4) is 0 Å². The van der Waals surface area contributed by atoms with Crippen LogP contribution in [-0.2, 0) is 9.59 Å². The van der Waals surface area contributed by atoms with Crippen molar-refractivity contribution in [3.63, 3.8) is 0 Å². The fourth-order valence-corrected chi connectivity index (χ4v) is 4.06. The largest absolute Gasteiger partial charge is 0.454 e. The van der Waals surface area contributed by atoms with E-state index in [1.54, 1.807) is 18.2 Å². The van der Waals surface area contributed by atoms with Gasteiger partial charge in [-0.1, -0.05) is 20.8 Å². The van der Waals surface area contributed by atoms with E-state index in [0.717, 1.165) is 6.42 Å². The molecule has 176 valence electrons. The van der Waals surface area contributed by atoms with Gasteiger partial charge in [0, 0.05) is 31.1 Å². The second-order valence-corrected chi connectivity index (χ2v) is 9.15. The van der Waals surface area contributed by atoms with Gasteiger partial charge in [-0.25, -0.2) is 0 Å². The molecule has 0 saturated carbocycles. The number of benzene rings is 1. The number of carbonyl (C=O) groups excluding carboxylic acids is 3. The maximum atomic E-state index is 13.1. The minimum Gasteiger partial charge on any atom is -0.454 e. The Morgan fingerprint density at radius 2 is 1.75 bits per heavy atom. The lowest BCUT2D eigenvalue weighted by Gasteiger charge is -2.36. The summed E-state index contributed by atoms with van der Waals surface area (Å²) in [6, 6.07) is 4.35. The van der Waals surface area contributed by atoms with E-state index >= 15 is 0 Å². The van der Waals surface area contributed by atoms with Crippen molar-refractivity contribution in [1.29, 1.82) is 0 Å². The first kappa shape index (κ1) is 23.9. The number of hydrogen-bond acceptors (Lipinski definition) is 5. The molecule has 1 aromatic rings. The van der Waals surface area contributed by atoms with Crippen molar-refractivity contribution >= 4 is 17.7 Å². The number of ether oxygens (including phenoxy) is 2. The number of carbonyl (C=O) groups is 3. The first-order valence-electron chi connectivity index (χ1n) is 11.6. The van der Waals surface area contributed by atoms with Crippen LogP contribution in [0.25, 0.3) is 0 Å². The van der Waals surface area contributed by atoms with Gasteiger partial charge in [0.25, 0.3) is 5.91 Å². The van der Waals surface area contributed by atoms with Crippen molar-refractivity contribution in [1.82, 2.24) is 15.5 Å². The van der Waals surface area contributed by atoms with Crippen LogP contribution in [0.2, 0.25) is 0 Å². The molecule has 2 atom stereocenters. The van der Waals surface area contributed by atoms with E-state index < -0.39 is 6.04 Å². The normalized spacial score (nSPS) is 17.7. The molecule has 32 heavy (non-hydrogen) atoms. The molecule has 0 unspecified atom stereocenters. The van der Waals surface area contributed by atoms with Crippen molar-refractivity contribution < 1.29 is 23.9 Å². The molecule has 3 rings (SSSR count). The van der Waals surface area contributed by atoms with Gasteiger partial charge >= 0.3 is 0 Å². The minimum absolute atomic E-state index is 0.0140. The molecule has 0 aliphatic carbocycles. The highest BCUT2D eigenvalue weighted by atomic mass is 16.7. The van der Waals surface area contributed by atoms with E-state index in [2.05, 4.69) is 10.6 Å². The molecule has 0 aromatic heterocycles. The minimum atomic E-state index is -0.663. The summed E-state index contributed by atoms with van der Waals surface area (Å²) in [7, 11) is 0. The van der Waals surface area contributed by atoms with Gasteiger partial charge in [0.2, 0.25) is 18.6 Å². The van der Waals surface area contributed by atoms with Gasteiger partial charge in [0.15, 0.2) is 11.5 Å². The molecule has 3 amide bonds. The molecular weight excluding hydrogens is 410 g/mol. The number of rotatable bonds is 8. The number of piperidine rings is 1. The fraction of sp³-hybridized carbons (Fsp3) is 0.625. The van der Waals surface area contributed by atoms with Gasteiger partial charge in [-0.3, -0.25) is 14.4 Å². The third-order valence-corrected chi connectivity index (χ3v) is 6.15. The predicted octanol–water partition coefficient (Wildman–Crippen LogP) is 2.71. The van der Waals surface area contributed by atoms with Crippen LogP contribution in [0.4, 0.5) is 0 Å². The van der Waals surface area contributed by atoms with Crippen LogP contribution in [0.15, 0.2) is 18.2 Å². The Labute approximate surface area is 190 Å². The average molecular weight is 446 g/mol. The van der Waals surface area contributed by atoms with Crippen LogP contribution in [-0.4, -0.2) is 54.6 Å². The van der Waals surface area contributed by atoms with Gasteiger partial charge in [-0.2, -0.15) is 0 Å². The van der Waals surface area contributed by atoms with E-state index in [4.69, 9.17) is 9.47 Å². The Morgan fingerprint density at radius 1 is 1.06 bits per heavy atom. The Bertz CT molecular complexity index is 833. The monoisotopic (exact) mass is 445 g/mol. The summed E-state index contributed by atoms with van der Waals surface area (Å²) in [5.74, 6) is 1.05. The summed E-state index contributed by atoms with van der Waals surface area (Å²) in [5.41, 5.74) is 0.417. The molecule has 2 N–H and O–H groups in total. The lowest BCUT2D eigenvalue weighted by Crippen LogP contribution is -2.55. The number of amides is 3. The van der Waals surface area contributed by atoms with Gasteiger partial charge in [0.1, 0.15) is 6.04 Å². The van der Waals surface area contributed by atoms with Crippen LogP contribution < -0.4 is 20.1 Å². The molecule has 1 fully saturated rings. The van der Waals surface area contributed by atoms with Crippen molar-refractivity contribution in [2.75, 3.05) is 19.9 Å². The van der Waals surface area contributed by atoms with Gasteiger partial charge in [0.05, 0.1) is 0 Å². The highest BCUT2D eigenvalue weighted by Gasteiger charge is 2.34. The van der Waals surface area contributed by atoms with Crippen LogP contribution >= 0.6 is 0 Å². The van der Waals surface area contributed by atoms with Gasteiger partial charge in [-0.15, -0.1) is 0 Å². The molecule has 8 nitrogen and oxygen atoms in total. The number of hydrogen-bond donors (Lipinski definition) is 2. The summed E-state index contributed by atoms with van der Waals surface area (Å²) in [6.07, 6.45) is 2.67. The van der Waals surface area contributed by atoms with E-state index in [9.17, 15) is 14.4 Å². The van der Waals surface area contributed by atoms with Crippen molar-refractivity contribution in [2.45, 2.75) is 65.5 Å². The van der Waals surface area contributed by atoms with Crippen molar-refractivity contribution in [2.24, 2.45) is 11.8 Å². The summed E-state index contributed by atoms with van der Waals surface area (Å²) in [5, 5.41) is 5.96. The second kappa shape index (κ2) is 10.7. The first-order chi connectivity index (χ1) is 15.3. The Morgan fingerprint density at radius 3 is 2.41 bits per heavy atom. The SMILES string of the molecule is CC[C@H](C)NC(=O)[C@H](NC(=O)c1ccc2c(c1)OCO2)C1CCN(C(=O)CC(C)C)CC1. The maximum absolute atomic E-state index is 13.1. The first-order valence-corrected chi connectivity index (χ1v) is 11.6. The Hall–Kier alpha value is -2.77. The zero-order chi connectivity index (χ0) is 23.3. The van der Waals surface area contributed by atoms with Crippen molar-refractivity contribution in [3.05, 3.63) is 23.8 Å². The molecule has 1 aromatic carbocycles. The number of fused-ring (bicyclic) bond motifs is 1. The second-order valence-electron chi connectivity index (χ2n) is 9.15. The summed E-state index contributed by atoms with van der Waals surface area (Å²) in [6.45, 7) is 9.35. The van der Waals surface area contributed by atoms with Gasteiger partial charge < -0.3 is 25.0 Å². The molecule has 2 heterocycles. The molecule has 0 radical (unpaired) electrons. The summed E-state index contributed by atoms with van der Waals surface area (Å²) < 4.78 is 10.7. The molecule has 0 spiro atoms. The summed E-state index contributed by atoms with van der Waals surface area (Å²) in [4.78, 5) is 40.4. The molecular formula is C24H35N3O5. The zero-order valence-corrected chi connectivity index (χ0v) is 19.5. The third-order valence-electron chi connectivity index (χ3n) is 6.15. The quantitative estimate of drug-likeness (QED) is 0.641. The number of nitrogens with one attached hydrogen (secondary N) is 2. The average Bonchev–Trinajstić information content (AvgIpc) is 3.24. The highest BCUT2D eigenvalue weighted by Crippen LogP contribution is 2.32. The van der Waals surface area contributed by atoms with E-state index in [1.807, 2.05) is 32.6 Å². The Balaban J connectivity index is 1.69. The fourth-order valence-electron chi connectivity index (χ4n) is 4.06. The lowest BCUT2D eigenvalue weighted by atomic mass is 9.88.